The quantitative estimate of drug-likeness (QED) is 0.499. The van der Waals surface area contributed by atoms with Crippen LogP contribution in [-0.4, -0.2) is 45.2 Å². The van der Waals surface area contributed by atoms with E-state index in [0.717, 1.165) is 42.0 Å². The number of ether oxygens (including phenoxy) is 2. The van der Waals surface area contributed by atoms with Crippen LogP contribution in [-0.2, 0) is 19.6 Å². The van der Waals surface area contributed by atoms with Gasteiger partial charge in [-0.3, -0.25) is 9.89 Å². The number of likely N-dealkylation sites (tertiary alicyclic amines) is 1. The van der Waals surface area contributed by atoms with Gasteiger partial charge < -0.3 is 20.1 Å². The molecule has 0 radical (unpaired) electrons. The topological polar surface area (TPSA) is 58.1 Å². The molecule has 6 heteroatoms. The summed E-state index contributed by atoms with van der Waals surface area (Å²) in [5.41, 5.74) is 3.72. The molecule has 1 fully saturated rings. The second kappa shape index (κ2) is 11.6. The standard InChI is InChI=1S/C25H36N4O2/c1-19-11-13-29(14-12-19)18-21-7-5-20(6-8-21)16-27-25(26-2)28-17-22-9-10-23(30-3)24(15-22)31-4/h5-10,15,19H,11-14,16-18H2,1-4H3,(H2,26,27,28). The highest BCUT2D eigenvalue weighted by Crippen LogP contribution is 2.27. The van der Waals surface area contributed by atoms with Crippen molar-refractivity contribution in [2.75, 3.05) is 34.4 Å². The van der Waals surface area contributed by atoms with E-state index in [0.29, 0.717) is 6.54 Å². The van der Waals surface area contributed by atoms with Gasteiger partial charge in [-0.15, -0.1) is 0 Å². The Morgan fingerprint density at radius 3 is 2.10 bits per heavy atom. The van der Waals surface area contributed by atoms with Gasteiger partial charge >= 0.3 is 0 Å². The molecule has 0 unspecified atom stereocenters. The number of nitrogens with one attached hydrogen (secondary N) is 2. The van der Waals surface area contributed by atoms with Crippen molar-refractivity contribution in [1.29, 1.82) is 0 Å². The molecule has 0 spiro atoms. The number of rotatable bonds is 8. The number of methoxy groups -OCH3 is 2. The molecule has 0 saturated carbocycles. The van der Waals surface area contributed by atoms with Crippen molar-refractivity contribution >= 4 is 5.96 Å². The van der Waals surface area contributed by atoms with Crippen LogP contribution in [0.4, 0.5) is 0 Å². The van der Waals surface area contributed by atoms with Crippen LogP contribution in [0.3, 0.4) is 0 Å². The van der Waals surface area contributed by atoms with Crippen molar-refractivity contribution in [2.45, 2.75) is 39.4 Å². The van der Waals surface area contributed by atoms with Gasteiger partial charge in [0.05, 0.1) is 14.2 Å². The minimum Gasteiger partial charge on any atom is -0.493 e. The second-order valence-corrected chi connectivity index (χ2v) is 8.24. The third kappa shape index (κ3) is 6.89. The molecule has 6 nitrogen and oxygen atoms in total. The summed E-state index contributed by atoms with van der Waals surface area (Å²) in [6, 6.07) is 14.8. The third-order valence-electron chi connectivity index (χ3n) is 5.90. The SMILES string of the molecule is CN=C(NCc1ccc(CN2CCC(C)CC2)cc1)NCc1ccc(OC)c(OC)c1. The predicted octanol–water partition coefficient (Wildman–Crippen LogP) is 3.80. The van der Waals surface area contributed by atoms with Crippen molar-refractivity contribution in [3.05, 3.63) is 59.2 Å². The Kier molecular flexibility index (Phi) is 8.59. The summed E-state index contributed by atoms with van der Waals surface area (Å²) in [7, 11) is 5.07. The molecular weight excluding hydrogens is 388 g/mol. The lowest BCUT2D eigenvalue weighted by Gasteiger charge is -2.30. The molecule has 0 aliphatic carbocycles. The number of piperidine rings is 1. The van der Waals surface area contributed by atoms with Gasteiger partial charge in [0.1, 0.15) is 0 Å². The van der Waals surface area contributed by atoms with E-state index in [4.69, 9.17) is 9.47 Å². The van der Waals surface area contributed by atoms with Crippen LogP contribution in [0.25, 0.3) is 0 Å². The van der Waals surface area contributed by atoms with Gasteiger partial charge in [0.25, 0.3) is 0 Å². The van der Waals surface area contributed by atoms with E-state index in [1.165, 1.54) is 37.1 Å². The Hall–Kier alpha value is -2.73. The molecule has 31 heavy (non-hydrogen) atoms. The first kappa shape index (κ1) is 22.9. The number of aliphatic imine (C=N–C) groups is 1. The van der Waals surface area contributed by atoms with Gasteiger partial charge in [0.15, 0.2) is 17.5 Å². The molecule has 2 aromatic carbocycles. The lowest BCUT2D eigenvalue weighted by molar-refractivity contribution is 0.185. The molecule has 0 amide bonds. The van der Waals surface area contributed by atoms with Gasteiger partial charge in [0, 0.05) is 26.7 Å². The molecule has 1 aliphatic rings. The number of hydrogen-bond donors (Lipinski definition) is 2. The fraction of sp³-hybridized carbons (Fsp3) is 0.480. The average molecular weight is 425 g/mol. The maximum Gasteiger partial charge on any atom is 0.191 e. The summed E-state index contributed by atoms with van der Waals surface area (Å²) in [4.78, 5) is 6.89. The van der Waals surface area contributed by atoms with Crippen LogP contribution >= 0.6 is 0 Å². The highest BCUT2D eigenvalue weighted by molar-refractivity contribution is 5.79. The first-order chi connectivity index (χ1) is 15.1. The maximum absolute atomic E-state index is 5.38. The van der Waals surface area contributed by atoms with Crippen LogP contribution < -0.4 is 20.1 Å². The smallest absolute Gasteiger partial charge is 0.191 e. The van der Waals surface area contributed by atoms with Crippen LogP contribution in [0.2, 0.25) is 0 Å². The van der Waals surface area contributed by atoms with Gasteiger partial charge in [0.2, 0.25) is 0 Å². The van der Waals surface area contributed by atoms with Gasteiger partial charge in [-0.2, -0.15) is 0 Å². The van der Waals surface area contributed by atoms with Gasteiger partial charge in [-0.25, -0.2) is 0 Å². The Morgan fingerprint density at radius 2 is 1.48 bits per heavy atom. The predicted molar refractivity (Wildman–Crippen MR) is 127 cm³/mol. The lowest BCUT2D eigenvalue weighted by Crippen LogP contribution is -2.36. The van der Waals surface area contributed by atoms with Gasteiger partial charge in [-0.1, -0.05) is 37.3 Å². The highest BCUT2D eigenvalue weighted by Gasteiger charge is 2.15. The zero-order chi connectivity index (χ0) is 22.1. The van der Waals surface area contributed by atoms with Crippen molar-refractivity contribution < 1.29 is 9.47 Å². The molecule has 3 rings (SSSR count). The first-order valence-electron chi connectivity index (χ1n) is 11.1. The Morgan fingerprint density at radius 1 is 0.903 bits per heavy atom. The molecule has 0 bridgehead atoms. The molecule has 168 valence electrons. The van der Waals surface area contributed by atoms with Gasteiger partial charge in [-0.05, 0) is 60.7 Å². The third-order valence-corrected chi connectivity index (χ3v) is 5.90. The Bertz CT molecular complexity index is 843. The summed E-state index contributed by atoms with van der Waals surface area (Å²) in [5, 5.41) is 6.74. The largest absolute Gasteiger partial charge is 0.493 e. The maximum atomic E-state index is 5.38. The number of benzene rings is 2. The van der Waals surface area contributed by atoms with E-state index >= 15 is 0 Å². The van der Waals surface area contributed by atoms with Crippen molar-refractivity contribution in [2.24, 2.45) is 10.9 Å². The first-order valence-corrected chi connectivity index (χ1v) is 11.1. The molecule has 2 aromatic rings. The van der Waals surface area contributed by atoms with E-state index in [2.05, 4.69) is 51.7 Å². The second-order valence-electron chi connectivity index (χ2n) is 8.24. The van der Waals surface area contributed by atoms with Crippen LogP contribution in [0, 0.1) is 5.92 Å². The van der Waals surface area contributed by atoms with Crippen molar-refractivity contribution in [3.63, 3.8) is 0 Å². The monoisotopic (exact) mass is 424 g/mol. The fourth-order valence-corrected chi connectivity index (χ4v) is 3.82. The van der Waals surface area contributed by atoms with E-state index in [-0.39, 0.29) is 0 Å². The van der Waals surface area contributed by atoms with Crippen LogP contribution in [0.5, 0.6) is 11.5 Å². The van der Waals surface area contributed by atoms with E-state index in [1.807, 2.05) is 18.2 Å². The summed E-state index contributed by atoms with van der Waals surface area (Å²) in [6.07, 6.45) is 2.63. The van der Waals surface area contributed by atoms with E-state index in [1.54, 1.807) is 21.3 Å². The molecule has 1 saturated heterocycles. The molecule has 0 atom stereocenters. The van der Waals surface area contributed by atoms with E-state index < -0.39 is 0 Å². The fourth-order valence-electron chi connectivity index (χ4n) is 3.82. The van der Waals surface area contributed by atoms with E-state index in [9.17, 15) is 0 Å². The number of guanidine groups is 1. The average Bonchev–Trinajstić information content (AvgIpc) is 2.81. The summed E-state index contributed by atoms with van der Waals surface area (Å²) >= 11 is 0. The Labute approximate surface area is 186 Å². The minimum absolute atomic E-state index is 0.646. The normalized spacial score (nSPS) is 15.5. The zero-order valence-corrected chi connectivity index (χ0v) is 19.3. The molecule has 0 aromatic heterocycles. The van der Waals surface area contributed by atoms with Crippen LogP contribution in [0.1, 0.15) is 36.5 Å². The molecule has 1 heterocycles. The summed E-state index contributed by atoms with van der Waals surface area (Å²) in [6.45, 7) is 7.21. The number of nitrogens with zero attached hydrogens (tertiary/aromatic N) is 2. The summed E-state index contributed by atoms with van der Waals surface area (Å²) in [5.74, 6) is 3.09. The van der Waals surface area contributed by atoms with Crippen molar-refractivity contribution in [1.82, 2.24) is 15.5 Å². The van der Waals surface area contributed by atoms with Crippen LogP contribution in [0.15, 0.2) is 47.5 Å². The number of hydrogen-bond acceptors (Lipinski definition) is 4. The lowest BCUT2D eigenvalue weighted by atomic mass is 9.99. The molecule has 1 aliphatic heterocycles. The molecule has 2 N–H and O–H groups in total. The van der Waals surface area contributed by atoms with Crippen molar-refractivity contribution in [3.8, 4) is 11.5 Å². The molecular formula is C25H36N4O2. The summed E-state index contributed by atoms with van der Waals surface area (Å²) < 4.78 is 10.7. The zero-order valence-electron chi connectivity index (χ0n) is 19.3. The minimum atomic E-state index is 0.646. The highest BCUT2D eigenvalue weighted by atomic mass is 16.5. The Balaban J connectivity index is 1.46.